The molecule has 1 aliphatic rings. The number of rotatable bonds is 5. The van der Waals surface area contributed by atoms with E-state index in [2.05, 4.69) is 35.0 Å². The van der Waals surface area contributed by atoms with Crippen LogP contribution in [0.25, 0.3) is 0 Å². The lowest BCUT2D eigenvalue weighted by Gasteiger charge is -2.19. The van der Waals surface area contributed by atoms with Crippen LogP contribution in [0.3, 0.4) is 0 Å². The third kappa shape index (κ3) is 3.63. The Labute approximate surface area is 111 Å². The molecule has 0 aromatic heterocycles. The highest BCUT2D eigenvalue weighted by Crippen LogP contribution is 2.31. The zero-order chi connectivity index (χ0) is 12.1. The van der Waals surface area contributed by atoms with Crippen molar-refractivity contribution in [3.63, 3.8) is 0 Å². The molecule has 0 saturated carbocycles. The standard InChI is InChI=1S/C14H19BrO2/c1-2-3-12(15)6-4-11-5-7-13-14(10-11)17-9-8-16-13/h5,7,10,12H,2-4,6,8-9H2,1H3. The normalized spacial score (nSPS) is 15.6. The van der Waals surface area contributed by atoms with Gasteiger partial charge in [0.25, 0.3) is 0 Å². The first-order chi connectivity index (χ1) is 8.29. The third-order valence-electron chi connectivity index (χ3n) is 2.95. The van der Waals surface area contributed by atoms with Gasteiger partial charge in [-0.15, -0.1) is 0 Å². The van der Waals surface area contributed by atoms with E-state index in [1.807, 2.05) is 6.07 Å². The van der Waals surface area contributed by atoms with Gasteiger partial charge in [-0.05, 0) is 37.0 Å². The lowest BCUT2D eigenvalue weighted by molar-refractivity contribution is 0.171. The fourth-order valence-corrected chi connectivity index (χ4v) is 2.71. The van der Waals surface area contributed by atoms with Gasteiger partial charge in [0, 0.05) is 4.83 Å². The quantitative estimate of drug-likeness (QED) is 0.766. The fraction of sp³-hybridized carbons (Fsp3) is 0.571. The van der Waals surface area contributed by atoms with Crippen molar-refractivity contribution in [2.75, 3.05) is 13.2 Å². The smallest absolute Gasteiger partial charge is 0.161 e. The van der Waals surface area contributed by atoms with Gasteiger partial charge < -0.3 is 9.47 Å². The van der Waals surface area contributed by atoms with Crippen LogP contribution < -0.4 is 9.47 Å². The molecule has 0 saturated heterocycles. The minimum absolute atomic E-state index is 0.626. The highest BCUT2D eigenvalue weighted by atomic mass is 79.9. The summed E-state index contributed by atoms with van der Waals surface area (Å²) < 4.78 is 11.1. The van der Waals surface area contributed by atoms with Gasteiger partial charge in [0.2, 0.25) is 0 Å². The molecule has 1 aromatic carbocycles. The predicted molar refractivity (Wildman–Crippen MR) is 73.4 cm³/mol. The van der Waals surface area contributed by atoms with Crippen molar-refractivity contribution in [3.05, 3.63) is 23.8 Å². The summed E-state index contributed by atoms with van der Waals surface area (Å²) in [7, 11) is 0. The molecule has 0 amide bonds. The molecular weight excluding hydrogens is 280 g/mol. The molecule has 94 valence electrons. The van der Waals surface area contributed by atoms with Crippen molar-refractivity contribution in [3.8, 4) is 11.5 Å². The van der Waals surface area contributed by atoms with Crippen LogP contribution in [-0.2, 0) is 6.42 Å². The van der Waals surface area contributed by atoms with Gasteiger partial charge in [-0.1, -0.05) is 35.3 Å². The van der Waals surface area contributed by atoms with Gasteiger partial charge in [0.05, 0.1) is 0 Å². The molecule has 1 heterocycles. The van der Waals surface area contributed by atoms with Gasteiger partial charge in [0.1, 0.15) is 13.2 Å². The predicted octanol–water partition coefficient (Wildman–Crippen LogP) is 3.95. The van der Waals surface area contributed by atoms with Gasteiger partial charge >= 0.3 is 0 Å². The van der Waals surface area contributed by atoms with Crippen molar-refractivity contribution in [2.24, 2.45) is 0 Å². The molecule has 2 rings (SSSR count). The Morgan fingerprint density at radius 1 is 1.18 bits per heavy atom. The highest BCUT2D eigenvalue weighted by molar-refractivity contribution is 9.09. The van der Waals surface area contributed by atoms with Gasteiger partial charge in [-0.3, -0.25) is 0 Å². The number of hydrogen-bond donors (Lipinski definition) is 0. The molecule has 0 bridgehead atoms. The zero-order valence-corrected chi connectivity index (χ0v) is 11.8. The molecule has 3 heteroatoms. The average Bonchev–Trinajstić information content (AvgIpc) is 2.36. The van der Waals surface area contributed by atoms with Gasteiger partial charge in [-0.2, -0.15) is 0 Å². The van der Waals surface area contributed by atoms with Crippen LogP contribution in [0.2, 0.25) is 0 Å². The number of halogens is 1. The minimum atomic E-state index is 0.626. The number of hydrogen-bond acceptors (Lipinski definition) is 2. The third-order valence-corrected chi connectivity index (χ3v) is 3.87. The second-order valence-electron chi connectivity index (χ2n) is 4.40. The summed E-state index contributed by atoms with van der Waals surface area (Å²) in [6, 6.07) is 6.27. The maximum atomic E-state index is 5.58. The summed E-state index contributed by atoms with van der Waals surface area (Å²) in [6.45, 7) is 3.54. The van der Waals surface area contributed by atoms with Crippen molar-refractivity contribution >= 4 is 15.9 Å². The first-order valence-electron chi connectivity index (χ1n) is 6.32. The fourth-order valence-electron chi connectivity index (χ4n) is 2.02. The zero-order valence-electron chi connectivity index (χ0n) is 10.2. The summed E-state index contributed by atoms with van der Waals surface area (Å²) in [5.74, 6) is 1.78. The average molecular weight is 299 g/mol. The van der Waals surface area contributed by atoms with Crippen LogP contribution in [0.1, 0.15) is 31.7 Å². The molecule has 0 aliphatic carbocycles. The summed E-state index contributed by atoms with van der Waals surface area (Å²) in [5, 5.41) is 0. The van der Waals surface area contributed by atoms with E-state index in [0.29, 0.717) is 18.0 Å². The maximum absolute atomic E-state index is 5.58. The Hall–Kier alpha value is -0.700. The monoisotopic (exact) mass is 298 g/mol. The summed E-state index contributed by atoms with van der Waals surface area (Å²) in [5.41, 5.74) is 1.33. The number of ether oxygens (including phenoxy) is 2. The summed E-state index contributed by atoms with van der Waals surface area (Å²) in [4.78, 5) is 0.626. The first kappa shape index (κ1) is 12.7. The molecule has 1 aliphatic heterocycles. The molecule has 0 spiro atoms. The summed E-state index contributed by atoms with van der Waals surface area (Å²) >= 11 is 3.71. The Bertz CT molecular complexity index is 365. The van der Waals surface area contributed by atoms with Crippen LogP contribution >= 0.6 is 15.9 Å². The molecule has 1 unspecified atom stereocenters. The van der Waals surface area contributed by atoms with E-state index in [0.717, 1.165) is 17.9 Å². The molecule has 0 N–H and O–H groups in total. The van der Waals surface area contributed by atoms with Crippen LogP contribution in [0, 0.1) is 0 Å². The van der Waals surface area contributed by atoms with E-state index in [1.54, 1.807) is 0 Å². The van der Waals surface area contributed by atoms with Crippen LogP contribution in [-0.4, -0.2) is 18.0 Å². The van der Waals surface area contributed by atoms with Crippen LogP contribution in [0.4, 0.5) is 0 Å². The molecule has 0 fully saturated rings. The van der Waals surface area contributed by atoms with Gasteiger partial charge in [0.15, 0.2) is 11.5 Å². The van der Waals surface area contributed by atoms with E-state index in [1.165, 1.54) is 24.8 Å². The minimum Gasteiger partial charge on any atom is -0.486 e. The van der Waals surface area contributed by atoms with Crippen molar-refractivity contribution in [1.29, 1.82) is 0 Å². The van der Waals surface area contributed by atoms with Crippen LogP contribution in [0.5, 0.6) is 11.5 Å². The molecule has 17 heavy (non-hydrogen) atoms. The lowest BCUT2D eigenvalue weighted by Crippen LogP contribution is -2.15. The van der Waals surface area contributed by atoms with Gasteiger partial charge in [-0.25, -0.2) is 0 Å². The first-order valence-corrected chi connectivity index (χ1v) is 7.23. The Balaban J connectivity index is 1.93. The summed E-state index contributed by atoms with van der Waals surface area (Å²) in [6.07, 6.45) is 4.74. The molecule has 1 atom stereocenters. The topological polar surface area (TPSA) is 18.5 Å². The SMILES string of the molecule is CCCC(Br)CCc1ccc2c(c1)OCCO2. The van der Waals surface area contributed by atoms with E-state index >= 15 is 0 Å². The number of benzene rings is 1. The Morgan fingerprint density at radius 3 is 2.71 bits per heavy atom. The number of fused-ring (bicyclic) bond motifs is 1. The maximum Gasteiger partial charge on any atom is 0.161 e. The van der Waals surface area contributed by atoms with E-state index < -0.39 is 0 Å². The van der Waals surface area contributed by atoms with Crippen molar-refractivity contribution in [2.45, 2.75) is 37.4 Å². The molecular formula is C14H19BrO2. The van der Waals surface area contributed by atoms with E-state index in [-0.39, 0.29) is 0 Å². The molecule has 0 radical (unpaired) electrons. The van der Waals surface area contributed by atoms with E-state index in [9.17, 15) is 0 Å². The lowest BCUT2D eigenvalue weighted by atomic mass is 10.1. The highest BCUT2D eigenvalue weighted by Gasteiger charge is 2.12. The number of aryl methyl sites for hydroxylation is 1. The Morgan fingerprint density at radius 2 is 1.94 bits per heavy atom. The second kappa shape index (κ2) is 6.29. The number of alkyl halides is 1. The van der Waals surface area contributed by atoms with Crippen molar-refractivity contribution < 1.29 is 9.47 Å². The van der Waals surface area contributed by atoms with Crippen molar-refractivity contribution in [1.82, 2.24) is 0 Å². The largest absolute Gasteiger partial charge is 0.486 e. The molecule has 2 nitrogen and oxygen atoms in total. The molecule has 1 aromatic rings. The van der Waals surface area contributed by atoms with E-state index in [4.69, 9.17) is 9.47 Å². The van der Waals surface area contributed by atoms with Crippen LogP contribution in [0.15, 0.2) is 18.2 Å². The Kier molecular flexibility index (Phi) is 4.72. The second-order valence-corrected chi connectivity index (χ2v) is 5.70.